The van der Waals surface area contributed by atoms with E-state index in [9.17, 15) is 4.21 Å². The van der Waals surface area contributed by atoms with E-state index in [1.54, 1.807) is 7.05 Å². The lowest BCUT2D eigenvalue weighted by Crippen LogP contribution is -2.33. The SMILES string of the molecule is CNC(=S)NS(=O)O. The predicted molar refractivity (Wildman–Crippen MR) is 35.6 cm³/mol. The molecule has 6 heteroatoms. The smallest absolute Gasteiger partial charge is 0.260 e. The van der Waals surface area contributed by atoms with Crippen LogP contribution in [0.1, 0.15) is 0 Å². The zero-order chi connectivity index (χ0) is 6.57. The molecule has 8 heavy (non-hydrogen) atoms. The predicted octanol–water partition coefficient (Wildman–Crippen LogP) is -0.783. The highest BCUT2D eigenvalue weighted by atomic mass is 32.2. The molecule has 1 unspecified atom stereocenters. The summed E-state index contributed by atoms with van der Waals surface area (Å²) in [6, 6.07) is 0. The van der Waals surface area contributed by atoms with Gasteiger partial charge >= 0.3 is 0 Å². The molecule has 0 amide bonds. The summed E-state index contributed by atoms with van der Waals surface area (Å²) >= 11 is 2.41. The average molecular weight is 154 g/mol. The quantitative estimate of drug-likeness (QED) is 0.342. The Morgan fingerprint density at radius 1 is 1.88 bits per heavy atom. The van der Waals surface area contributed by atoms with Gasteiger partial charge in [-0.05, 0) is 12.2 Å². The Morgan fingerprint density at radius 3 is 2.50 bits per heavy atom. The summed E-state index contributed by atoms with van der Waals surface area (Å²) in [5.41, 5.74) is 0. The van der Waals surface area contributed by atoms with Gasteiger partial charge in [-0.1, -0.05) is 0 Å². The summed E-state index contributed by atoms with van der Waals surface area (Å²) < 4.78 is 20.0. The van der Waals surface area contributed by atoms with E-state index in [-0.39, 0.29) is 5.11 Å². The van der Waals surface area contributed by atoms with Crippen molar-refractivity contribution in [3.05, 3.63) is 0 Å². The third-order valence-corrected chi connectivity index (χ3v) is 1.22. The van der Waals surface area contributed by atoms with Crippen LogP contribution in [-0.2, 0) is 11.3 Å². The summed E-state index contributed by atoms with van der Waals surface area (Å²) in [5.74, 6) is 0. The number of hydrogen-bond acceptors (Lipinski definition) is 2. The van der Waals surface area contributed by atoms with Gasteiger partial charge in [-0.3, -0.25) is 9.27 Å². The first kappa shape index (κ1) is 7.80. The Hall–Kier alpha value is -0.200. The van der Waals surface area contributed by atoms with Crippen LogP contribution in [0.5, 0.6) is 0 Å². The number of thiocarbonyl (C=S) groups is 1. The van der Waals surface area contributed by atoms with Crippen molar-refractivity contribution < 1.29 is 8.76 Å². The van der Waals surface area contributed by atoms with Crippen LogP contribution in [0.25, 0.3) is 0 Å². The molecule has 0 radical (unpaired) electrons. The second-order valence-corrected chi connectivity index (χ2v) is 2.04. The van der Waals surface area contributed by atoms with Crippen LogP contribution < -0.4 is 10.0 Å². The van der Waals surface area contributed by atoms with E-state index in [0.717, 1.165) is 0 Å². The highest BCUT2D eigenvalue weighted by Crippen LogP contribution is 1.64. The van der Waals surface area contributed by atoms with Crippen LogP contribution >= 0.6 is 12.2 Å². The molecule has 0 heterocycles. The summed E-state index contributed by atoms with van der Waals surface area (Å²) in [6.45, 7) is 0. The molecule has 0 aliphatic rings. The Kier molecular flexibility index (Phi) is 3.67. The molecule has 0 saturated heterocycles. The molecule has 0 aliphatic heterocycles. The molecule has 0 rings (SSSR count). The maximum absolute atomic E-state index is 9.84. The van der Waals surface area contributed by atoms with Gasteiger partial charge in [-0.2, -0.15) is 0 Å². The molecule has 0 aliphatic carbocycles. The van der Waals surface area contributed by atoms with E-state index >= 15 is 0 Å². The van der Waals surface area contributed by atoms with Crippen molar-refractivity contribution in [1.82, 2.24) is 10.0 Å². The first-order valence-electron chi connectivity index (χ1n) is 1.76. The summed E-state index contributed by atoms with van der Waals surface area (Å²) in [7, 11) is 1.56. The number of nitrogens with one attached hydrogen (secondary N) is 2. The number of rotatable bonds is 1. The summed E-state index contributed by atoms with van der Waals surface area (Å²) in [6.07, 6.45) is 0. The zero-order valence-corrected chi connectivity index (χ0v) is 5.80. The average Bonchev–Trinajstić information content (AvgIpc) is 1.65. The van der Waals surface area contributed by atoms with Crippen LogP contribution in [0.3, 0.4) is 0 Å². The Balaban J connectivity index is 3.40. The summed E-state index contributed by atoms with van der Waals surface area (Å²) in [4.78, 5) is 0. The lowest BCUT2D eigenvalue weighted by molar-refractivity contribution is 0.560. The van der Waals surface area contributed by atoms with Gasteiger partial charge in [-0.15, -0.1) is 0 Å². The van der Waals surface area contributed by atoms with Crippen LogP contribution in [-0.4, -0.2) is 20.9 Å². The highest BCUT2D eigenvalue weighted by molar-refractivity contribution is 7.83. The second-order valence-electron chi connectivity index (χ2n) is 0.930. The molecule has 3 N–H and O–H groups in total. The van der Waals surface area contributed by atoms with Gasteiger partial charge in [0, 0.05) is 7.05 Å². The number of hydrogen-bond donors (Lipinski definition) is 3. The molecule has 0 spiro atoms. The first-order chi connectivity index (χ1) is 3.66. The molecule has 0 aromatic carbocycles. The van der Waals surface area contributed by atoms with Gasteiger partial charge in [0.05, 0.1) is 0 Å². The van der Waals surface area contributed by atoms with Crippen molar-refractivity contribution in [2.75, 3.05) is 7.05 Å². The van der Waals surface area contributed by atoms with Crippen molar-refractivity contribution in [2.45, 2.75) is 0 Å². The van der Waals surface area contributed by atoms with Gasteiger partial charge in [0.15, 0.2) is 5.11 Å². The molecule has 1 atom stereocenters. The Morgan fingerprint density at radius 2 is 2.38 bits per heavy atom. The van der Waals surface area contributed by atoms with E-state index in [1.807, 2.05) is 4.72 Å². The van der Waals surface area contributed by atoms with E-state index in [0.29, 0.717) is 0 Å². The molecule has 0 bridgehead atoms. The summed E-state index contributed by atoms with van der Waals surface area (Å²) in [5, 5.41) is 2.62. The molecule has 0 saturated carbocycles. The fourth-order valence-corrected chi connectivity index (χ4v) is 0.605. The fraction of sp³-hybridized carbons (Fsp3) is 0.500. The standard InChI is InChI=1S/C2H6N2O2S2/c1-3-2(7)4-8(5)6/h1H3,(H,5,6)(H2,3,4,7). The molecule has 0 fully saturated rings. The highest BCUT2D eigenvalue weighted by Gasteiger charge is 1.91. The Labute approximate surface area is 55.1 Å². The van der Waals surface area contributed by atoms with Crippen molar-refractivity contribution in [2.24, 2.45) is 0 Å². The molecule has 4 nitrogen and oxygen atoms in total. The van der Waals surface area contributed by atoms with Gasteiger partial charge in [0.25, 0.3) is 11.3 Å². The maximum atomic E-state index is 9.84. The fourth-order valence-electron chi connectivity index (χ4n) is 0.130. The van der Waals surface area contributed by atoms with Crippen LogP contribution in [0.15, 0.2) is 0 Å². The van der Waals surface area contributed by atoms with Crippen molar-refractivity contribution in [1.29, 1.82) is 0 Å². The minimum absolute atomic E-state index is 0.158. The normalized spacial score (nSPS) is 12.2. The van der Waals surface area contributed by atoms with Gasteiger partial charge in [0.2, 0.25) is 0 Å². The Bertz CT molecular complexity index is 115. The second kappa shape index (κ2) is 3.76. The van der Waals surface area contributed by atoms with Crippen molar-refractivity contribution in [3.63, 3.8) is 0 Å². The maximum Gasteiger partial charge on any atom is 0.260 e. The van der Waals surface area contributed by atoms with Gasteiger partial charge in [0.1, 0.15) is 0 Å². The first-order valence-corrected chi connectivity index (χ1v) is 3.27. The lowest BCUT2D eigenvalue weighted by atomic mass is 11.1. The van der Waals surface area contributed by atoms with Crippen molar-refractivity contribution >= 4 is 28.6 Å². The molecular weight excluding hydrogens is 148 g/mol. The van der Waals surface area contributed by atoms with Gasteiger partial charge < -0.3 is 5.32 Å². The van der Waals surface area contributed by atoms with Gasteiger partial charge in [-0.25, -0.2) is 4.21 Å². The van der Waals surface area contributed by atoms with E-state index in [4.69, 9.17) is 4.55 Å². The van der Waals surface area contributed by atoms with Crippen LogP contribution in [0, 0.1) is 0 Å². The van der Waals surface area contributed by atoms with Crippen LogP contribution in [0.2, 0.25) is 0 Å². The minimum atomic E-state index is -2.05. The lowest BCUT2D eigenvalue weighted by Gasteiger charge is -1.98. The van der Waals surface area contributed by atoms with Crippen molar-refractivity contribution in [3.8, 4) is 0 Å². The molecule has 0 aromatic heterocycles. The van der Waals surface area contributed by atoms with E-state index in [1.165, 1.54) is 0 Å². The monoisotopic (exact) mass is 154 g/mol. The van der Waals surface area contributed by atoms with Crippen LogP contribution in [0.4, 0.5) is 0 Å². The third-order valence-electron chi connectivity index (χ3n) is 0.407. The molecule has 48 valence electrons. The molecule has 0 aromatic rings. The van der Waals surface area contributed by atoms with E-state index < -0.39 is 11.3 Å². The minimum Gasteiger partial charge on any atom is -0.365 e. The topological polar surface area (TPSA) is 61.4 Å². The third kappa shape index (κ3) is 3.97. The zero-order valence-electron chi connectivity index (χ0n) is 4.17. The van der Waals surface area contributed by atoms with E-state index in [2.05, 4.69) is 17.5 Å². The molecular formula is C2H6N2O2S2. The largest absolute Gasteiger partial charge is 0.365 e.